The largest absolute Gasteiger partial charge is 0.497 e. The highest BCUT2D eigenvalue weighted by Crippen LogP contribution is 2.43. The Hall–Kier alpha value is -3.75. The van der Waals surface area contributed by atoms with E-state index in [1.165, 1.54) is 0 Å². The van der Waals surface area contributed by atoms with Gasteiger partial charge in [0, 0.05) is 30.1 Å². The minimum Gasteiger partial charge on any atom is -0.497 e. The number of carbonyl (C=O) groups is 1. The molecule has 5 rings (SSSR count). The van der Waals surface area contributed by atoms with E-state index in [4.69, 9.17) is 18.9 Å². The van der Waals surface area contributed by atoms with Gasteiger partial charge in [0.1, 0.15) is 23.0 Å². The van der Waals surface area contributed by atoms with E-state index in [1.54, 1.807) is 28.4 Å². The first kappa shape index (κ1) is 26.8. The zero-order valence-corrected chi connectivity index (χ0v) is 22.9. The normalized spacial score (nSPS) is 20.1. The Bertz CT molecular complexity index is 1340. The molecule has 8 nitrogen and oxygen atoms in total. The Morgan fingerprint density at radius 2 is 1.67 bits per heavy atom. The summed E-state index contributed by atoms with van der Waals surface area (Å²) in [5.41, 5.74) is 5.10. The van der Waals surface area contributed by atoms with E-state index in [2.05, 4.69) is 10.2 Å². The van der Waals surface area contributed by atoms with Crippen molar-refractivity contribution >= 4 is 5.91 Å². The summed E-state index contributed by atoms with van der Waals surface area (Å²) < 4.78 is 22.7. The first-order valence-corrected chi connectivity index (χ1v) is 13.2. The van der Waals surface area contributed by atoms with Gasteiger partial charge in [0.15, 0.2) is 0 Å². The number of methoxy groups -OCH3 is 4. The van der Waals surface area contributed by atoms with Crippen LogP contribution in [-0.2, 0) is 24.1 Å². The van der Waals surface area contributed by atoms with E-state index < -0.39 is 12.1 Å². The van der Waals surface area contributed by atoms with Crippen molar-refractivity contribution in [3.63, 3.8) is 0 Å². The molecule has 3 unspecified atom stereocenters. The number of hydrogen-bond donors (Lipinski definition) is 2. The molecule has 0 spiro atoms. The van der Waals surface area contributed by atoms with Crippen LogP contribution in [0, 0.1) is 0 Å². The first-order chi connectivity index (χ1) is 19.0. The minimum atomic E-state index is -0.644. The molecule has 0 radical (unpaired) electrons. The highest BCUT2D eigenvalue weighted by Gasteiger charge is 2.36. The van der Waals surface area contributed by atoms with Crippen LogP contribution in [0.25, 0.3) is 0 Å². The number of hydrogen-bond acceptors (Lipinski definition) is 7. The molecule has 0 saturated heterocycles. The Morgan fingerprint density at radius 3 is 2.41 bits per heavy atom. The highest BCUT2D eigenvalue weighted by atomic mass is 16.5. The Morgan fingerprint density at radius 1 is 0.949 bits per heavy atom. The van der Waals surface area contributed by atoms with Gasteiger partial charge in [-0.05, 0) is 59.9 Å². The van der Waals surface area contributed by atoms with Crippen LogP contribution < -0.4 is 24.3 Å². The molecular weight excluding hydrogens is 496 g/mol. The molecule has 0 aromatic heterocycles. The van der Waals surface area contributed by atoms with Gasteiger partial charge in [0.05, 0.1) is 47.1 Å². The van der Waals surface area contributed by atoms with Gasteiger partial charge < -0.3 is 29.4 Å². The van der Waals surface area contributed by atoms with Crippen molar-refractivity contribution in [2.24, 2.45) is 0 Å². The third-order valence-electron chi connectivity index (χ3n) is 7.90. The molecule has 1 aliphatic heterocycles. The third-order valence-corrected chi connectivity index (χ3v) is 7.90. The highest BCUT2D eigenvalue weighted by molar-refractivity contribution is 5.79. The second kappa shape index (κ2) is 11.6. The topological polar surface area (TPSA) is 89.5 Å². The molecule has 1 amide bonds. The summed E-state index contributed by atoms with van der Waals surface area (Å²) in [5, 5.41) is 13.8. The predicted octanol–water partition coefficient (Wildman–Crippen LogP) is 3.64. The van der Waals surface area contributed by atoms with Crippen molar-refractivity contribution in [2.45, 2.75) is 37.5 Å². The number of aliphatic hydroxyl groups excluding tert-OH is 1. The smallest absolute Gasteiger partial charge is 0.234 e. The molecular formula is C31H36N2O6. The maximum Gasteiger partial charge on any atom is 0.234 e. The second-order valence-electron chi connectivity index (χ2n) is 10.00. The quantitative estimate of drug-likeness (QED) is 0.435. The van der Waals surface area contributed by atoms with Crippen LogP contribution in [0.4, 0.5) is 0 Å². The number of nitrogens with one attached hydrogen (secondary N) is 1. The van der Waals surface area contributed by atoms with E-state index in [-0.39, 0.29) is 18.5 Å². The van der Waals surface area contributed by atoms with Crippen LogP contribution in [0.15, 0.2) is 54.6 Å². The molecule has 1 aliphatic carbocycles. The van der Waals surface area contributed by atoms with Crippen LogP contribution in [0.5, 0.6) is 23.0 Å². The minimum absolute atomic E-state index is 0.135. The molecule has 1 heterocycles. The number of ether oxygens (including phenoxy) is 4. The Balaban J connectivity index is 1.48. The van der Waals surface area contributed by atoms with Crippen molar-refractivity contribution < 1.29 is 28.8 Å². The Labute approximate surface area is 229 Å². The number of carbonyl (C=O) groups excluding carboxylic acids is 1. The van der Waals surface area contributed by atoms with Gasteiger partial charge in [-0.15, -0.1) is 0 Å². The number of fused-ring (bicyclic) bond motifs is 2. The van der Waals surface area contributed by atoms with Crippen LogP contribution in [0.1, 0.15) is 39.9 Å². The summed E-state index contributed by atoms with van der Waals surface area (Å²) in [6.07, 6.45) is 1.17. The monoisotopic (exact) mass is 532 g/mol. The number of benzene rings is 3. The molecule has 3 atom stereocenters. The Kier molecular flexibility index (Phi) is 7.95. The van der Waals surface area contributed by atoms with E-state index in [0.29, 0.717) is 25.8 Å². The number of rotatable bonds is 9. The molecule has 39 heavy (non-hydrogen) atoms. The summed E-state index contributed by atoms with van der Waals surface area (Å²) in [4.78, 5) is 15.6. The zero-order chi connectivity index (χ0) is 27.5. The molecule has 8 heteroatoms. The van der Waals surface area contributed by atoms with Gasteiger partial charge in [-0.2, -0.15) is 0 Å². The van der Waals surface area contributed by atoms with E-state index in [0.717, 1.165) is 50.8 Å². The van der Waals surface area contributed by atoms with Gasteiger partial charge in [0.25, 0.3) is 0 Å². The van der Waals surface area contributed by atoms with Crippen molar-refractivity contribution in [1.82, 2.24) is 10.2 Å². The van der Waals surface area contributed by atoms with Gasteiger partial charge in [-0.25, -0.2) is 0 Å². The van der Waals surface area contributed by atoms with E-state index in [1.807, 2.05) is 54.6 Å². The number of nitrogens with zero attached hydrogens (tertiary/aromatic N) is 1. The molecule has 206 valence electrons. The van der Waals surface area contributed by atoms with Crippen LogP contribution in [-0.4, -0.2) is 63.5 Å². The summed E-state index contributed by atoms with van der Waals surface area (Å²) in [6, 6.07) is 16.9. The molecule has 3 aromatic carbocycles. The molecule has 0 saturated carbocycles. The van der Waals surface area contributed by atoms with Crippen molar-refractivity contribution in [3.8, 4) is 23.0 Å². The number of amides is 1. The van der Waals surface area contributed by atoms with Crippen LogP contribution >= 0.6 is 0 Å². The van der Waals surface area contributed by atoms with Gasteiger partial charge in [-0.1, -0.05) is 24.3 Å². The maximum atomic E-state index is 13.5. The summed E-state index contributed by atoms with van der Waals surface area (Å²) in [7, 11) is 6.63. The predicted molar refractivity (Wildman–Crippen MR) is 148 cm³/mol. The standard InChI is InChI=1S/C31H36N2O6/c1-36-21-9-10-26(37-2)20(15-21)16-24-30-23(27(38-3)11-12-28(30)39-4)13-14-33(24)18-29(35)32-31-22-8-6-5-7-19(22)17-25(31)34/h5-12,15,24-25,31,34H,13-14,16-18H2,1-4H3,(H,32,35). The summed E-state index contributed by atoms with van der Waals surface area (Å²) >= 11 is 0. The molecule has 3 aromatic rings. The fraction of sp³-hybridized carbons (Fsp3) is 0.387. The van der Waals surface area contributed by atoms with Gasteiger partial charge in [-0.3, -0.25) is 9.69 Å². The summed E-state index contributed by atoms with van der Waals surface area (Å²) in [6.45, 7) is 0.826. The van der Waals surface area contributed by atoms with Crippen molar-refractivity contribution in [1.29, 1.82) is 0 Å². The molecule has 0 fully saturated rings. The maximum absolute atomic E-state index is 13.5. The molecule has 2 aliphatic rings. The molecule has 2 N–H and O–H groups in total. The third kappa shape index (κ3) is 5.27. The molecule has 0 bridgehead atoms. The summed E-state index contributed by atoms with van der Waals surface area (Å²) in [5.74, 6) is 2.91. The first-order valence-electron chi connectivity index (χ1n) is 13.2. The van der Waals surface area contributed by atoms with Gasteiger partial charge in [0.2, 0.25) is 5.91 Å². The lowest BCUT2D eigenvalue weighted by Crippen LogP contribution is -2.45. The van der Waals surface area contributed by atoms with Crippen LogP contribution in [0.2, 0.25) is 0 Å². The van der Waals surface area contributed by atoms with E-state index in [9.17, 15) is 9.90 Å². The zero-order valence-electron chi connectivity index (χ0n) is 22.9. The fourth-order valence-corrected chi connectivity index (χ4v) is 6.03. The fourth-order valence-electron chi connectivity index (χ4n) is 6.03. The average Bonchev–Trinajstić information content (AvgIpc) is 3.27. The number of aliphatic hydroxyl groups is 1. The lowest BCUT2D eigenvalue weighted by atomic mass is 9.87. The van der Waals surface area contributed by atoms with Crippen molar-refractivity contribution in [2.75, 3.05) is 41.5 Å². The van der Waals surface area contributed by atoms with Crippen LogP contribution in [0.3, 0.4) is 0 Å². The lowest BCUT2D eigenvalue weighted by Gasteiger charge is -2.38. The SMILES string of the molecule is COc1ccc(OC)c(CC2c3c(OC)ccc(OC)c3CCN2CC(=O)NC2c3ccccc3CC2O)c1. The van der Waals surface area contributed by atoms with E-state index >= 15 is 0 Å². The van der Waals surface area contributed by atoms with Gasteiger partial charge >= 0.3 is 0 Å². The lowest BCUT2D eigenvalue weighted by molar-refractivity contribution is -0.124. The average molecular weight is 533 g/mol. The van der Waals surface area contributed by atoms with Crippen molar-refractivity contribution in [3.05, 3.63) is 82.4 Å². The second-order valence-corrected chi connectivity index (χ2v) is 10.00.